The average molecular weight is 332 g/mol. The first-order chi connectivity index (χ1) is 12.2. The number of hydrogen-bond acceptors (Lipinski definition) is 5. The van der Waals surface area contributed by atoms with Crippen molar-refractivity contribution in [3.63, 3.8) is 0 Å². The number of benzene rings is 1. The number of aromatic amines is 2. The van der Waals surface area contributed by atoms with Gasteiger partial charge in [0.25, 0.3) is 5.91 Å². The van der Waals surface area contributed by atoms with Gasteiger partial charge in [-0.15, -0.1) is 0 Å². The van der Waals surface area contributed by atoms with E-state index >= 15 is 0 Å². The van der Waals surface area contributed by atoms with E-state index in [2.05, 4.69) is 30.8 Å². The van der Waals surface area contributed by atoms with Crippen molar-refractivity contribution in [2.45, 2.75) is 6.54 Å². The highest BCUT2D eigenvalue weighted by Crippen LogP contribution is 2.24. The van der Waals surface area contributed by atoms with Gasteiger partial charge < -0.3 is 5.32 Å². The maximum atomic E-state index is 12.5. The van der Waals surface area contributed by atoms with Crippen LogP contribution in [0.1, 0.15) is 10.5 Å². The topological polar surface area (TPSA) is 128 Å². The first-order valence-electron chi connectivity index (χ1n) is 7.42. The fourth-order valence-corrected chi connectivity index (χ4v) is 2.56. The molecule has 4 rings (SSSR count). The molecule has 4 aromatic rings. The third kappa shape index (κ3) is 2.72. The van der Waals surface area contributed by atoms with Gasteiger partial charge in [-0.2, -0.15) is 20.6 Å². The van der Waals surface area contributed by atoms with Crippen LogP contribution in [0.3, 0.4) is 0 Å². The van der Waals surface area contributed by atoms with Gasteiger partial charge in [-0.05, 0) is 17.7 Å². The number of nitriles is 1. The molecule has 25 heavy (non-hydrogen) atoms. The second kappa shape index (κ2) is 5.93. The summed E-state index contributed by atoms with van der Waals surface area (Å²) in [7, 11) is 0. The summed E-state index contributed by atoms with van der Waals surface area (Å²) in [4.78, 5) is 12.5. The summed E-state index contributed by atoms with van der Waals surface area (Å²) >= 11 is 0. The summed E-state index contributed by atoms with van der Waals surface area (Å²) in [6.45, 7) is 0.123. The molecule has 3 heterocycles. The van der Waals surface area contributed by atoms with Crippen molar-refractivity contribution in [1.29, 1.82) is 5.26 Å². The van der Waals surface area contributed by atoms with E-state index in [-0.39, 0.29) is 12.5 Å². The molecule has 0 aliphatic carbocycles. The van der Waals surface area contributed by atoms with Crippen LogP contribution in [0.2, 0.25) is 0 Å². The lowest BCUT2D eigenvalue weighted by molar-refractivity contribution is 0.102. The second-order valence-electron chi connectivity index (χ2n) is 5.36. The molecule has 0 fully saturated rings. The van der Waals surface area contributed by atoms with Crippen LogP contribution < -0.4 is 5.32 Å². The Balaban J connectivity index is 1.60. The van der Waals surface area contributed by atoms with Gasteiger partial charge in [0, 0.05) is 23.3 Å². The average Bonchev–Trinajstić information content (AvgIpc) is 3.35. The second-order valence-corrected chi connectivity index (χ2v) is 5.36. The molecule has 1 amide bonds. The molecule has 9 heteroatoms. The standard InChI is InChI=1S/C16H12N8O/c17-3-4-24-9-12(8-20-24)21-16(25)15-13-2-1-10(5-14(13)22-23-15)11-6-18-19-7-11/h1-2,5-9H,4H2,(H,18,19)(H,21,25)(H,22,23). The Hall–Kier alpha value is -3.93. The minimum Gasteiger partial charge on any atom is -0.318 e. The van der Waals surface area contributed by atoms with Crippen LogP contribution in [0.25, 0.3) is 22.0 Å². The van der Waals surface area contributed by atoms with E-state index in [1.807, 2.05) is 24.3 Å². The number of H-pyrrole nitrogens is 2. The van der Waals surface area contributed by atoms with Gasteiger partial charge >= 0.3 is 0 Å². The molecule has 9 nitrogen and oxygen atoms in total. The van der Waals surface area contributed by atoms with Crippen LogP contribution >= 0.6 is 0 Å². The Kier molecular flexibility index (Phi) is 3.48. The molecule has 1 aromatic carbocycles. The Bertz CT molecular complexity index is 1080. The van der Waals surface area contributed by atoms with E-state index in [1.165, 1.54) is 10.9 Å². The van der Waals surface area contributed by atoms with Gasteiger partial charge in [0.2, 0.25) is 0 Å². The van der Waals surface area contributed by atoms with E-state index in [4.69, 9.17) is 5.26 Å². The normalized spacial score (nSPS) is 10.7. The smallest absolute Gasteiger partial charge is 0.276 e. The van der Waals surface area contributed by atoms with Crippen molar-refractivity contribution in [1.82, 2.24) is 30.2 Å². The fraction of sp³-hybridized carbons (Fsp3) is 0.0625. The predicted molar refractivity (Wildman–Crippen MR) is 89.5 cm³/mol. The largest absolute Gasteiger partial charge is 0.318 e. The van der Waals surface area contributed by atoms with Crippen molar-refractivity contribution in [3.05, 3.63) is 48.7 Å². The third-order valence-electron chi connectivity index (χ3n) is 3.73. The van der Waals surface area contributed by atoms with Crippen LogP contribution in [0.5, 0.6) is 0 Å². The molecule has 0 aliphatic heterocycles. The summed E-state index contributed by atoms with van der Waals surface area (Å²) < 4.78 is 1.44. The lowest BCUT2D eigenvalue weighted by Crippen LogP contribution is -2.12. The monoisotopic (exact) mass is 332 g/mol. The highest BCUT2D eigenvalue weighted by atomic mass is 16.2. The van der Waals surface area contributed by atoms with Gasteiger partial charge in [0.05, 0.1) is 29.7 Å². The molecular weight excluding hydrogens is 320 g/mol. The summed E-state index contributed by atoms with van der Waals surface area (Å²) in [5.74, 6) is -0.348. The molecule has 0 aliphatic rings. The number of nitrogens with one attached hydrogen (secondary N) is 3. The number of fused-ring (bicyclic) bond motifs is 1. The first kappa shape index (κ1) is 14.6. The highest BCUT2D eigenvalue weighted by molar-refractivity contribution is 6.11. The molecule has 0 spiro atoms. The van der Waals surface area contributed by atoms with Gasteiger partial charge in [0.15, 0.2) is 5.69 Å². The molecule has 0 bridgehead atoms. The zero-order valence-corrected chi connectivity index (χ0v) is 12.9. The number of carbonyl (C=O) groups is 1. The van der Waals surface area contributed by atoms with E-state index in [0.717, 1.165) is 16.6 Å². The van der Waals surface area contributed by atoms with Crippen molar-refractivity contribution < 1.29 is 4.79 Å². The summed E-state index contributed by atoms with van der Waals surface area (Å²) in [5, 5.41) is 29.8. The molecule has 122 valence electrons. The van der Waals surface area contributed by atoms with Crippen LogP contribution in [0.15, 0.2) is 43.0 Å². The minimum absolute atomic E-state index is 0.123. The van der Waals surface area contributed by atoms with E-state index in [1.54, 1.807) is 18.6 Å². The number of carbonyl (C=O) groups excluding carboxylic acids is 1. The lowest BCUT2D eigenvalue weighted by Gasteiger charge is -2.00. The van der Waals surface area contributed by atoms with Gasteiger partial charge in [-0.3, -0.25) is 19.7 Å². The zero-order chi connectivity index (χ0) is 17.2. The minimum atomic E-state index is -0.348. The highest BCUT2D eigenvalue weighted by Gasteiger charge is 2.15. The summed E-state index contributed by atoms with van der Waals surface area (Å²) in [5.41, 5.74) is 3.47. The van der Waals surface area contributed by atoms with Crippen molar-refractivity contribution in [2.75, 3.05) is 5.32 Å². The number of amides is 1. The number of nitrogens with zero attached hydrogens (tertiary/aromatic N) is 5. The quantitative estimate of drug-likeness (QED) is 0.526. The Morgan fingerprint density at radius 2 is 2.24 bits per heavy atom. The molecule has 3 N–H and O–H groups in total. The summed E-state index contributed by atoms with van der Waals surface area (Å²) in [6.07, 6.45) is 6.60. The van der Waals surface area contributed by atoms with Crippen LogP contribution in [0, 0.1) is 11.3 Å². The molecule has 0 unspecified atom stereocenters. The molecular formula is C16H12N8O. The maximum Gasteiger partial charge on any atom is 0.276 e. The zero-order valence-electron chi connectivity index (χ0n) is 12.9. The first-order valence-corrected chi connectivity index (χ1v) is 7.42. The number of hydrogen-bond donors (Lipinski definition) is 3. The van der Waals surface area contributed by atoms with Crippen molar-refractivity contribution in [3.8, 4) is 17.2 Å². The Morgan fingerprint density at radius 3 is 3.04 bits per heavy atom. The van der Waals surface area contributed by atoms with Crippen LogP contribution in [-0.4, -0.2) is 36.1 Å². The molecule has 0 saturated heterocycles. The number of anilines is 1. The number of rotatable bonds is 4. The van der Waals surface area contributed by atoms with Crippen molar-refractivity contribution in [2.24, 2.45) is 0 Å². The molecule has 0 radical (unpaired) electrons. The van der Waals surface area contributed by atoms with Crippen molar-refractivity contribution >= 4 is 22.5 Å². The Labute approximate surface area is 141 Å². The molecule has 3 aromatic heterocycles. The SMILES string of the molecule is N#CCn1cc(NC(=O)c2n[nH]c3cc(-c4cn[nH]c4)ccc23)cn1. The predicted octanol–water partition coefficient (Wildman–Crippen LogP) is 1.93. The Morgan fingerprint density at radius 1 is 1.32 bits per heavy atom. The fourth-order valence-electron chi connectivity index (χ4n) is 2.56. The summed E-state index contributed by atoms with van der Waals surface area (Å²) in [6, 6.07) is 7.64. The van der Waals surface area contributed by atoms with Crippen LogP contribution in [-0.2, 0) is 6.54 Å². The third-order valence-corrected chi connectivity index (χ3v) is 3.73. The molecule has 0 saturated carbocycles. The van der Waals surface area contributed by atoms with Crippen LogP contribution in [0.4, 0.5) is 5.69 Å². The van der Waals surface area contributed by atoms with Gasteiger partial charge in [-0.1, -0.05) is 6.07 Å². The van der Waals surface area contributed by atoms with Gasteiger partial charge in [-0.25, -0.2) is 0 Å². The van der Waals surface area contributed by atoms with E-state index in [0.29, 0.717) is 16.8 Å². The maximum absolute atomic E-state index is 12.5. The number of aromatic nitrogens is 6. The molecule has 0 atom stereocenters. The van der Waals surface area contributed by atoms with E-state index < -0.39 is 0 Å². The lowest BCUT2D eigenvalue weighted by atomic mass is 10.1. The van der Waals surface area contributed by atoms with Gasteiger partial charge in [0.1, 0.15) is 6.54 Å². The van der Waals surface area contributed by atoms with E-state index in [9.17, 15) is 4.79 Å².